The van der Waals surface area contributed by atoms with Crippen molar-refractivity contribution < 1.29 is 0 Å². The second kappa shape index (κ2) is 5.80. The van der Waals surface area contributed by atoms with Gasteiger partial charge in [0.05, 0.1) is 6.54 Å². The van der Waals surface area contributed by atoms with Gasteiger partial charge in [-0.1, -0.05) is 18.2 Å². The summed E-state index contributed by atoms with van der Waals surface area (Å²) in [5.74, 6) is 0.905. The molecule has 0 aliphatic carbocycles. The topological polar surface area (TPSA) is 41.0 Å². The average molecular weight is 254 g/mol. The fourth-order valence-electron chi connectivity index (χ4n) is 2.48. The Morgan fingerprint density at radius 3 is 2.68 bits per heavy atom. The van der Waals surface area contributed by atoms with Gasteiger partial charge in [-0.25, -0.2) is 9.97 Å². The molecule has 1 aromatic carbocycles. The van der Waals surface area contributed by atoms with Crippen LogP contribution in [0.2, 0.25) is 0 Å². The van der Waals surface area contributed by atoms with Crippen molar-refractivity contribution in [2.24, 2.45) is 0 Å². The van der Waals surface area contributed by atoms with Gasteiger partial charge >= 0.3 is 0 Å². The van der Waals surface area contributed by atoms with Crippen molar-refractivity contribution >= 4 is 5.69 Å². The van der Waals surface area contributed by atoms with Crippen LogP contribution in [0.1, 0.15) is 12.2 Å². The molecule has 0 bridgehead atoms. The van der Waals surface area contributed by atoms with Gasteiger partial charge < -0.3 is 5.32 Å². The maximum atomic E-state index is 4.28. The van der Waals surface area contributed by atoms with E-state index in [1.807, 2.05) is 12.1 Å². The largest absolute Gasteiger partial charge is 0.381 e. The van der Waals surface area contributed by atoms with Crippen molar-refractivity contribution in [3.8, 4) is 0 Å². The molecule has 19 heavy (non-hydrogen) atoms. The number of benzene rings is 1. The van der Waals surface area contributed by atoms with E-state index < -0.39 is 0 Å². The van der Waals surface area contributed by atoms with Gasteiger partial charge in [0.15, 0.2) is 0 Å². The molecule has 98 valence electrons. The number of aromatic nitrogens is 2. The summed E-state index contributed by atoms with van der Waals surface area (Å²) < 4.78 is 0. The molecule has 4 nitrogen and oxygen atoms in total. The Morgan fingerprint density at radius 2 is 1.89 bits per heavy atom. The second-order valence-electron chi connectivity index (χ2n) is 4.90. The summed E-state index contributed by atoms with van der Waals surface area (Å²) in [6.45, 7) is 2.99. The molecule has 0 unspecified atom stereocenters. The Hall–Kier alpha value is -1.94. The number of rotatable bonds is 4. The van der Waals surface area contributed by atoms with Crippen molar-refractivity contribution in [3.05, 3.63) is 54.6 Å². The van der Waals surface area contributed by atoms with Crippen molar-refractivity contribution in [1.29, 1.82) is 0 Å². The number of nitrogens with zero attached hydrogens (tertiary/aromatic N) is 3. The fraction of sp³-hybridized carbons (Fsp3) is 0.333. The number of para-hydroxylation sites is 1. The molecule has 1 saturated heterocycles. The maximum absolute atomic E-state index is 4.28. The zero-order valence-electron chi connectivity index (χ0n) is 10.9. The first-order valence-corrected chi connectivity index (χ1v) is 6.70. The highest BCUT2D eigenvalue weighted by molar-refractivity contribution is 5.43. The van der Waals surface area contributed by atoms with Gasteiger partial charge in [0.2, 0.25) is 0 Å². The molecule has 3 rings (SSSR count). The zero-order chi connectivity index (χ0) is 12.9. The molecule has 1 fully saturated rings. The van der Waals surface area contributed by atoms with E-state index in [4.69, 9.17) is 0 Å². The highest BCUT2D eigenvalue weighted by atomic mass is 15.2. The first kappa shape index (κ1) is 12.1. The molecule has 0 spiro atoms. The predicted octanol–water partition coefficient (Wildman–Crippen LogP) is 2.16. The van der Waals surface area contributed by atoms with Gasteiger partial charge in [-0.15, -0.1) is 0 Å². The monoisotopic (exact) mass is 254 g/mol. The smallest absolute Gasteiger partial charge is 0.142 e. The van der Waals surface area contributed by atoms with Gasteiger partial charge in [0.1, 0.15) is 5.82 Å². The van der Waals surface area contributed by atoms with E-state index >= 15 is 0 Å². The minimum Gasteiger partial charge on any atom is -0.381 e. The van der Waals surface area contributed by atoms with E-state index in [2.05, 4.69) is 44.5 Å². The van der Waals surface area contributed by atoms with Crippen molar-refractivity contribution in [1.82, 2.24) is 14.9 Å². The zero-order valence-corrected chi connectivity index (χ0v) is 10.9. The Balaban J connectivity index is 1.53. The number of likely N-dealkylation sites (tertiary alicyclic amines) is 1. The SMILES string of the molecule is c1ccc(N[C@@H]2CCN(Cc3ncccn3)C2)cc1. The van der Waals surface area contributed by atoms with Crippen LogP contribution in [0.25, 0.3) is 0 Å². The third kappa shape index (κ3) is 3.29. The summed E-state index contributed by atoms with van der Waals surface area (Å²) >= 11 is 0. The number of hydrogen-bond acceptors (Lipinski definition) is 4. The quantitative estimate of drug-likeness (QED) is 0.908. The predicted molar refractivity (Wildman–Crippen MR) is 75.8 cm³/mol. The number of anilines is 1. The molecule has 4 heteroatoms. The second-order valence-corrected chi connectivity index (χ2v) is 4.90. The van der Waals surface area contributed by atoms with Crippen LogP contribution in [-0.4, -0.2) is 34.0 Å². The lowest BCUT2D eigenvalue weighted by atomic mass is 10.2. The molecule has 2 heterocycles. The van der Waals surface area contributed by atoms with E-state index in [0.717, 1.165) is 25.5 Å². The van der Waals surface area contributed by atoms with Crippen LogP contribution in [0.15, 0.2) is 48.8 Å². The Kier molecular flexibility index (Phi) is 3.70. The molecule has 2 aromatic rings. The molecule has 1 atom stereocenters. The van der Waals surface area contributed by atoms with Crippen LogP contribution in [0, 0.1) is 0 Å². The Bertz CT molecular complexity index is 453. The normalized spacial score (nSPS) is 19.5. The third-order valence-electron chi connectivity index (χ3n) is 3.40. The standard InChI is InChI=1S/C15H18N4/c1-2-5-13(6-3-1)18-14-7-10-19(11-14)12-15-16-8-4-9-17-15/h1-6,8-9,14,18H,7,10-12H2/t14-/m1/s1. The Labute approximate surface area is 113 Å². The third-order valence-corrected chi connectivity index (χ3v) is 3.40. The van der Waals surface area contributed by atoms with Gasteiger partial charge in [-0.2, -0.15) is 0 Å². The van der Waals surface area contributed by atoms with Crippen LogP contribution in [0.3, 0.4) is 0 Å². The summed E-state index contributed by atoms with van der Waals surface area (Å²) in [6, 6.07) is 12.8. The number of nitrogens with one attached hydrogen (secondary N) is 1. The summed E-state index contributed by atoms with van der Waals surface area (Å²) in [6.07, 6.45) is 4.78. The molecule has 1 N–H and O–H groups in total. The van der Waals surface area contributed by atoms with Gasteiger partial charge in [0.25, 0.3) is 0 Å². The molecular weight excluding hydrogens is 236 g/mol. The summed E-state index contributed by atoms with van der Waals surface area (Å²) in [4.78, 5) is 11.0. The molecule has 1 aliphatic heterocycles. The first-order valence-electron chi connectivity index (χ1n) is 6.70. The van der Waals surface area contributed by atoms with Crippen LogP contribution >= 0.6 is 0 Å². The molecule has 0 amide bonds. The van der Waals surface area contributed by atoms with E-state index in [-0.39, 0.29) is 0 Å². The maximum Gasteiger partial charge on any atom is 0.142 e. The molecule has 0 saturated carbocycles. The van der Waals surface area contributed by atoms with Crippen molar-refractivity contribution in [3.63, 3.8) is 0 Å². The summed E-state index contributed by atoms with van der Waals surface area (Å²) in [7, 11) is 0. The van der Waals surface area contributed by atoms with E-state index in [0.29, 0.717) is 6.04 Å². The van der Waals surface area contributed by atoms with Crippen LogP contribution < -0.4 is 5.32 Å². The highest BCUT2D eigenvalue weighted by Crippen LogP contribution is 2.16. The molecule has 1 aromatic heterocycles. The van der Waals surface area contributed by atoms with Crippen LogP contribution in [-0.2, 0) is 6.54 Å². The fourth-order valence-corrected chi connectivity index (χ4v) is 2.48. The minimum atomic E-state index is 0.520. The summed E-state index contributed by atoms with van der Waals surface area (Å²) in [5.41, 5.74) is 1.20. The number of hydrogen-bond donors (Lipinski definition) is 1. The Morgan fingerprint density at radius 1 is 1.11 bits per heavy atom. The average Bonchev–Trinajstić information content (AvgIpc) is 2.88. The molecule has 0 radical (unpaired) electrons. The van der Waals surface area contributed by atoms with Crippen molar-refractivity contribution in [2.45, 2.75) is 19.0 Å². The lowest BCUT2D eigenvalue weighted by Crippen LogP contribution is -2.26. The van der Waals surface area contributed by atoms with Gasteiger partial charge in [-0.3, -0.25) is 4.90 Å². The van der Waals surface area contributed by atoms with E-state index in [1.165, 1.54) is 12.1 Å². The lowest BCUT2D eigenvalue weighted by molar-refractivity contribution is 0.320. The van der Waals surface area contributed by atoms with Crippen LogP contribution in [0.4, 0.5) is 5.69 Å². The highest BCUT2D eigenvalue weighted by Gasteiger charge is 2.22. The summed E-state index contributed by atoms with van der Waals surface area (Å²) in [5, 5.41) is 3.57. The minimum absolute atomic E-state index is 0.520. The van der Waals surface area contributed by atoms with Gasteiger partial charge in [0, 0.05) is 37.2 Å². The van der Waals surface area contributed by atoms with Gasteiger partial charge in [-0.05, 0) is 24.6 Å². The van der Waals surface area contributed by atoms with Crippen molar-refractivity contribution in [2.75, 3.05) is 18.4 Å². The van der Waals surface area contributed by atoms with E-state index in [1.54, 1.807) is 12.4 Å². The lowest BCUT2D eigenvalue weighted by Gasteiger charge is -2.16. The van der Waals surface area contributed by atoms with Crippen LogP contribution in [0.5, 0.6) is 0 Å². The van der Waals surface area contributed by atoms with E-state index in [9.17, 15) is 0 Å². The molecule has 1 aliphatic rings. The molecular formula is C15H18N4. The first-order chi connectivity index (χ1) is 9.40.